The van der Waals surface area contributed by atoms with Crippen molar-refractivity contribution in [2.24, 2.45) is 0 Å². The van der Waals surface area contributed by atoms with Crippen molar-refractivity contribution >= 4 is 33.7 Å². The van der Waals surface area contributed by atoms with E-state index in [1.54, 1.807) is 45.5 Å². The van der Waals surface area contributed by atoms with Crippen molar-refractivity contribution in [1.82, 2.24) is 10.3 Å². The van der Waals surface area contributed by atoms with Crippen LogP contribution in [0.4, 0.5) is 4.79 Å². The number of fused-ring (bicyclic) bond motifs is 2. The zero-order chi connectivity index (χ0) is 32.1. The molecule has 1 aliphatic rings. The van der Waals surface area contributed by atoms with Gasteiger partial charge in [0, 0.05) is 17.6 Å². The van der Waals surface area contributed by atoms with Gasteiger partial charge in [-0.05, 0) is 84.6 Å². The van der Waals surface area contributed by atoms with Crippen molar-refractivity contribution in [2.45, 2.75) is 31.9 Å². The van der Waals surface area contributed by atoms with Crippen molar-refractivity contribution in [3.8, 4) is 28.7 Å². The van der Waals surface area contributed by atoms with Gasteiger partial charge in [-0.2, -0.15) is 0 Å². The number of ether oxygens (including phenoxy) is 6. The van der Waals surface area contributed by atoms with E-state index in [2.05, 4.69) is 10.3 Å². The van der Waals surface area contributed by atoms with E-state index in [1.807, 2.05) is 60.7 Å². The van der Waals surface area contributed by atoms with Crippen LogP contribution in [-0.4, -0.2) is 50.0 Å². The summed E-state index contributed by atoms with van der Waals surface area (Å²) < 4.78 is 33.9. The molecule has 6 rings (SSSR count). The highest BCUT2D eigenvalue weighted by molar-refractivity contribution is 6.04. The summed E-state index contributed by atoms with van der Waals surface area (Å²) in [6.45, 7) is 2.48. The van der Waals surface area contributed by atoms with Gasteiger partial charge in [0.1, 0.15) is 30.5 Å². The van der Waals surface area contributed by atoms with Crippen molar-refractivity contribution in [2.75, 3.05) is 27.4 Å². The lowest BCUT2D eigenvalue weighted by molar-refractivity contribution is 0.0528. The minimum Gasteiger partial charge on any atom is -0.497 e. The molecule has 46 heavy (non-hydrogen) atoms. The van der Waals surface area contributed by atoms with E-state index in [-0.39, 0.29) is 19.2 Å². The summed E-state index contributed by atoms with van der Waals surface area (Å²) >= 11 is 0. The van der Waals surface area contributed by atoms with Crippen molar-refractivity contribution < 1.29 is 38.0 Å². The molecule has 1 N–H and O–H groups in total. The number of carbonyl (C=O) groups is 2. The number of hydrogen-bond donors (Lipinski definition) is 1. The third-order valence-corrected chi connectivity index (χ3v) is 7.82. The fraction of sp³-hybridized carbons (Fsp3) is 0.250. The predicted octanol–water partition coefficient (Wildman–Crippen LogP) is 7.21. The maximum atomic E-state index is 12.6. The number of nitrogens with zero attached hydrogens (tertiary/aromatic N) is 1. The standard InChI is InChI=1S/C36H34N2O8/c1-4-43-34(39)28-7-5-6-24-18-26(12-13-27(24)28)46-31-14-17-37-30-20-33(32(42-3)19-29(30)31)45-22-36(15-16-36)38-35(40)44-21-23-8-10-25(41-2)11-9-23/h5-14,17-20H,4,15-16,21-22H2,1-3H3,(H,38,40). The molecule has 1 heterocycles. The fourth-order valence-corrected chi connectivity index (χ4v) is 5.12. The number of esters is 1. The van der Waals surface area contributed by atoms with E-state index in [1.165, 1.54) is 0 Å². The molecule has 5 aromatic rings. The summed E-state index contributed by atoms with van der Waals surface area (Å²) in [7, 11) is 3.17. The first-order valence-corrected chi connectivity index (χ1v) is 15.0. The third kappa shape index (κ3) is 6.76. The van der Waals surface area contributed by atoms with E-state index in [0.717, 1.165) is 40.3 Å². The van der Waals surface area contributed by atoms with Crippen LogP contribution in [0.1, 0.15) is 35.7 Å². The molecule has 236 valence electrons. The van der Waals surface area contributed by atoms with Crippen LogP contribution in [0.25, 0.3) is 21.7 Å². The number of benzene rings is 4. The predicted molar refractivity (Wildman–Crippen MR) is 172 cm³/mol. The molecule has 10 nitrogen and oxygen atoms in total. The molecule has 0 unspecified atom stereocenters. The number of rotatable bonds is 12. The number of aromatic nitrogens is 1. The zero-order valence-electron chi connectivity index (χ0n) is 25.8. The van der Waals surface area contributed by atoms with E-state index in [9.17, 15) is 9.59 Å². The molecule has 0 atom stereocenters. The Hall–Kier alpha value is -5.51. The van der Waals surface area contributed by atoms with Gasteiger partial charge in [0.05, 0.1) is 37.4 Å². The fourth-order valence-electron chi connectivity index (χ4n) is 5.12. The minimum atomic E-state index is -0.515. The van der Waals surface area contributed by atoms with Crippen LogP contribution in [0.3, 0.4) is 0 Å². The Kier molecular flexibility index (Phi) is 8.78. The van der Waals surface area contributed by atoms with Crippen molar-refractivity contribution in [3.63, 3.8) is 0 Å². The molecule has 10 heteroatoms. The third-order valence-electron chi connectivity index (χ3n) is 7.82. The molecule has 1 aromatic heterocycles. The highest BCUT2D eigenvalue weighted by Crippen LogP contribution is 2.40. The Bertz CT molecular complexity index is 1890. The maximum absolute atomic E-state index is 12.6. The van der Waals surface area contributed by atoms with E-state index in [4.69, 9.17) is 28.4 Å². The number of pyridine rings is 1. The Morgan fingerprint density at radius 1 is 0.826 bits per heavy atom. The van der Waals surface area contributed by atoms with Gasteiger partial charge in [-0.15, -0.1) is 0 Å². The molecule has 0 saturated heterocycles. The van der Waals surface area contributed by atoms with Gasteiger partial charge in [0.2, 0.25) is 0 Å². The van der Waals surface area contributed by atoms with E-state index < -0.39 is 11.6 Å². The molecule has 0 aliphatic heterocycles. The zero-order valence-corrected chi connectivity index (χ0v) is 25.8. The number of nitrogens with one attached hydrogen (secondary N) is 1. The molecule has 1 amide bonds. The first-order chi connectivity index (χ1) is 22.4. The van der Waals surface area contributed by atoms with Gasteiger partial charge < -0.3 is 33.7 Å². The average molecular weight is 623 g/mol. The van der Waals surface area contributed by atoms with Gasteiger partial charge in [-0.1, -0.05) is 24.3 Å². The normalized spacial score (nSPS) is 13.1. The summed E-state index contributed by atoms with van der Waals surface area (Å²) in [5, 5.41) is 5.32. The lowest BCUT2D eigenvalue weighted by atomic mass is 10.0. The first kappa shape index (κ1) is 30.5. The topological polar surface area (TPSA) is 114 Å². The number of hydrogen-bond acceptors (Lipinski definition) is 9. The second-order valence-corrected chi connectivity index (χ2v) is 11.0. The van der Waals surface area contributed by atoms with Crippen LogP contribution in [0.5, 0.6) is 28.7 Å². The van der Waals surface area contributed by atoms with Gasteiger partial charge in [0.15, 0.2) is 11.5 Å². The monoisotopic (exact) mass is 622 g/mol. The average Bonchev–Trinajstić information content (AvgIpc) is 3.85. The van der Waals surface area contributed by atoms with Crippen LogP contribution in [0, 0.1) is 0 Å². The maximum Gasteiger partial charge on any atom is 0.408 e. The molecule has 1 fully saturated rings. The smallest absolute Gasteiger partial charge is 0.408 e. The number of methoxy groups -OCH3 is 2. The van der Waals surface area contributed by atoms with Crippen molar-refractivity contribution in [1.29, 1.82) is 0 Å². The Balaban J connectivity index is 1.14. The van der Waals surface area contributed by atoms with Crippen LogP contribution in [0.15, 0.2) is 85.1 Å². The highest BCUT2D eigenvalue weighted by Gasteiger charge is 2.45. The van der Waals surface area contributed by atoms with E-state index >= 15 is 0 Å². The molecular formula is C36H34N2O8. The molecule has 1 saturated carbocycles. The Labute approximate surface area is 266 Å². The molecule has 0 radical (unpaired) electrons. The second-order valence-electron chi connectivity index (χ2n) is 11.0. The minimum absolute atomic E-state index is 0.148. The summed E-state index contributed by atoms with van der Waals surface area (Å²) in [6.07, 6.45) is 2.70. The highest BCUT2D eigenvalue weighted by atomic mass is 16.6. The van der Waals surface area contributed by atoms with E-state index in [0.29, 0.717) is 40.7 Å². The largest absolute Gasteiger partial charge is 0.497 e. The summed E-state index contributed by atoms with van der Waals surface area (Å²) in [5.41, 5.74) is 1.50. The van der Waals surface area contributed by atoms with Gasteiger partial charge in [-0.3, -0.25) is 4.98 Å². The number of alkyl carbamates (subject to hydrolysis) is 1. The van der Waals surface area contributed by atoms with Crippen LogP contribution in [0.2, 0.25) is 0 Å². The lowest BCUT2D eigenvalue weighted by Gasteiger charge is -2.20. The molecule has 1 aliphatic carbocycles. The summed E-state index contributed by atoms with van der Waals surface area (Å²) in [6, 6.07) is 23.8. The molecular weight excluding hydrogens is 588 g/mol. The van der Waals surface area contributed by atoms with Gasteiger partial charge in [-0.25, -0.2) is 9.59 Å². The van der Waals surface area contributed by atoms with Crippen LogP contribution >= 0.6 is 0 Å². The van der Waals surface area contributed by atoms with Crippen LogP contribution < -0.4 is 24.3 Å². The van der Waals surface area contributed by atoms with Crippen LogP contribution in [-0.2, 0) is 16.1 Å². The van der Waals surface area contributed by atoms with Crippen molar-refractivity contribution in [3.05, 3.63) is 96.2 Å². The number of amides is 1. The van der Waals surface area contributed by atoms with Gasteiger partial charge in [0.25, 0.3) is 0 Å². The SMILES string of the molecule is CCOC(=O)c1cccc2cc(Oc3ccnc4cc(OCC5(NC(=O)OCc6ccc(OC)cc6)CC5)c(OC)cc34)ccc12. The molecule has 4 aromatic carbocycles. The van der Waals surface area contributed by atoms with Gasteiger partial charge >= 0.3 is 12.1 Å². The first-order valence-electron chi connectivity index (χ1n) is 15.0. The summed E-state index contributed by atoms with van der Waals surface area (Å²) in [4.78, 5) is 29.5. The molecule has 0 spiro atoms. The Morgan fingerprint density at radius 3 is 2.37 bits per heavy atom. The molecule has 0 bridgehead atoms. The quantitative estimate of drug-likeness (QED) is 0.144. The number of carbonyl (C=O) groups excluding carboxylic acids is 2. The Morgan fingerprint density at radius 2 is 1.63 bits per heavy atom. The summed E-state index contributed by atoms with van der Waals surface area (Å²) in [5.74, 6) is 2.55. The second kappa shape index (κ2) is 13.2. The lowest BCUT2D eigenvalue weighted by Crippen LogP contribution is -2.41.